The van der Waals surface area contributed by atoms with E-state index in [4.69, 9.17) is 14.2 Å². The largest absolute Gasteiger partial charge is 0.462 e. The van der Waals surface area contributed by atoms with Crippen molar-refractivity contribution in [2.75, 3.05) is 6.61 Å². The second-order valence-corrected chi connectivity index (χ2v) is 19.5. The fourth-order valence-electron chi connectivity index (χ4n) is 5.51. The number of benzene rings is 2. The zero-order valence-electron chi connectivity index (χ0n) is 27.3. The molecular weight excluding hydrogens is 540 g/mol. The first-order valence-electron chi connectivity index (χ1n) is 15.5. The van der Waals surface area contributed by atoms with Crippen LogP contribution in [0.15, 0.2) is 42.5 Å². The number of aryl methyl sites for hydroxylation is 3. The number of aliphatic hydroxyl groups excluding tert-OH is 1. The smallest absolute Gasteiger partial charge is 0.338 e. The summed E-state index contributed by atoms with van der Waals surface area (Å²) in [4.78, 5) is 13.1. The Balaban J connectivity index is 1.68. The van der Waals surface area contributed by atoms with Crippen molar-refractivity contribution in [1.82, 2.24) is 0 Å². The molecule has 4 atom stereocenters. The van der Waals surface area contributed by atoms with Gasteiger partial charge >= 0.3 is 5.97 Å². The van der Waals surface area contributed by atoms with Gasteiger partial charge in [0.05, 0.1) is 18.3 Å². The highest BCUT2D eigenvalue weighted by atomic mass is 28.3. The highest BCUT2D eigenvalue weighted by Gasteiger charge is 2.44. The number of carbonyl (C=O) groups excluding carboxylic acids is 1. The van der Waals surface area contributed by atoms with Gasteiger partial charge in [-0.2, -0.15) is 0 Å². The van der Waals surface area contributed by atoms with Gasteiger partial charge in [-0.1, -0.05) is 93.4 Å². The molecule has 3 rings (SSSR count). The third kappa shape index (κ3) is 10.4. The minimum atomic E-state index is -1.29. The standard InChI is InChI=1S/C36H52O5Si/c1-25(2)29(24-28-14-11-10-12-15-28)18-19-31(37)34-32(40-36(5,6)41-34)17-13-16-30-23-26(3)22-27(4)33(30)35(38)39-20-21-42(7,8)9/h10-12,14-15,22-23,25,29,31-32,34,37H,13,16-17,20-21,24H2,1-9H3/t29?,31?,32-,34+/m0/s1. The molecule has 1 aliphatic heterocycles. The SMILES string of the molecule is Cc1cc(C)c(C(=O)OCC[Si](C)(C)C)c(CCC[C@@H]2OC(C)(C)O[C@@H]2C(O)C#CC(Cc2ccccc2)C(C)C)c1. The lowest BCUT2D eigenvalue weighted by Crippen LogP contribution is -2.34. The van der Waals surface area contributed by atoms with Gasteiger partial charge in [0.25, 0.3) is 0 Å². The van der Waals surface area contributed by atoms with Gasteiger partial charge in [0.1, 0.15) is 12.2 Å². The van der Waals surface area contributed by atoms with Crippen molar-refractivity contribution in [3.63, 3.8) is 0 Å². The molecular formula is C36H52O5Si. The number of carbonyl (C=O) groups is 1. The number of hydrogen-bond acceptors (Lipinski definition) is 5. The molecule has 2 aromatic carbocycles. The van der Waals surface area contributed by atoms with Gasteiger partial charge in [-0.15, -0.1) is 0 Å². The van der Waals surface area contributed by atoms with E-state index in [2.05, 4.69) is 70.5 Å². The molecule has 1 N–H and O–H groups in total. The highest BCUT2D eigenvalue weighted by molar-refractivity contribution is 6.76. The van der Waals surface area contributed by atoms with Crippen LogP contribution in [0.5, 0.6) is 0 Å². The summed E-state index contributed by atoms with van der Waals surface area (Å²) >= 11 is 0. The molecule has 0 aliphatic carbocycles. The molecule has 1 aliphatic rings. The fourth-order valence-corrected chi connectivity index (χ4v) is 6.22. The number of hydrogen-bond donors (Lipinski definition) is 1. The van der Waals surface area contributed by atoms with Gasteiger partial charge in [-0.25, -0.2) is 4.79 Å². The van der Waals surface area contributed by atoms with Gasteiger partial charge in [0, 0.05) is 14.0 Å². The highest BCUT2D eigenvalue weighted by Crippen LogP contribution is 2.33. The van der Waals surface area contributed by atoms with Crippen molar-refractivity contribution in [1.29, 1.82) is 0 Å². The van der Waals surface area contributed by atoms with Gasteiger partial charge < -0.3 is 19.3 Å². The van der Waals surface area contributed by atoms with Crippen LogP contribution in [0.4, 0.5) is 0 Å². The summed E-state index contributed by atoms with van der Waals surface area (Å²) in [5.41, 5.74) is 5.00. The number of ether oxygens (including phenoxy) is 3. The van der Waals surface area contributed by atoms with E-state index in [-0.39, 0.29) is 18.0 Å². The Morgan fingerprint density at radius 2 is 1.76 bits per heavy atom. The van der Waals surface area contributed by atoms with Crippen LogP contribution in [0.3, 0.4) is 0 Å². The Kier molecular flexibility index (Phi) is 12.0. The average Bonchev–Trinajstić information content (AvgIpc) is 3.19. The summed E-state index contributed by atoms with van der Waals surface area (Å²) < 4.78 is 18.1. The van der Waals surface area contributed by atoms with Crippen LogP contribution in [0.25, 0.3) is 0 Å². The van der Waals surface area contributed by atoms with E-state index >= 15 is 0 Å². The number of esters is 1. The quantitative estimate of drug-likeness (QED) is 0.157. The summed E-state index contributed by atoms with van der Waals surface area (Å²) in [7, 11) is -1.29. The maximum Gasteiger partial charge on any atom is 0.338 e. The monoisotopic (exact) mass is 592 g/mol. The Morgan fingerprint density at radius 1 is 1.07 bits per heavy atom. The van der Waals surface area contributed by atoms with Crippen molar-refractivity contribution in [3.8, 4) is 11.8 Å². The summed E-state index contributed by atoms with van der Waals surface area (Å²) in [6.07, 6.45) is 1.22. The minimum Gasteiger partial charge on any atom is -0.462 e. The second-order valence-electron chi connectivity index (χ2n) is 13.9. The molecule has 0 radical (unpaired) electrons. The normalized spacial score (nSPS) is 19.7. The van der Waals surface area contributed by atoms with Crippen molar-refractivity contribution in [2.24, 2.45) is 11.8 Å². The zero-order valence-corrected chi connectivity index (χ0v) is 28.3. The maximum atomic E-state index is 13.1. The Morgan fingerprint density at radius 3 is 2.40 bits per heavy atom. The molecule has 2 aromatic rings. The third-order valence-electron chi connectivity index (χ3n) is 7.84. The van der Waals surface area contributed by atoms with Crippen LogP contribution in [-0.4, -0.2) is 49.9 Å². The lowest BCUT2D eigenvalue weighted by atomic mass is 9.89. The Labute approximate surface area is 255 Å². The van der Waals surface area contributed by atoms with Crippen molar-refractivity contribution >= 4 is 14.0 Å². The first-order valence-corrected chi connectivity index (χ1v) is 19.2. The second kappa shape index (κ2) is 14.8. The van der Waals surface area contributed by atoms with Crippen LogP contribution < -0.4 is 0 Å². The van der Waals surface area contributed by atoms with Crippen molar-refractivity contribution in [2.45, 2.75) is 117 Å². The van der Waals surface area contributed by atoms with Crippen LogP contribution in [-0.2, 0) is 27.1 Å². The van der Waals surface area contributed by atoms with Gasteiger partial charge in [-0.3, -0.25) is 0 Å². The van der Waals surface area contributed by atoms with Crippen LogP contribution in [0.2, 0.25) is 25.7 Å². The van der Waals surface area contributed by atoms with Crippen molar-refractivity contribution in [3.05, 3.63) is 70.3 Å². The predicted octanol–water partition coefficient (Wildman–Crippen LogP) is 7.52. The number of aliphatic hydroxyl groups is 1. The third-order valence-corrected chi connectivity index (χ3v) is 9.54. The molecule has 1 fully saturated rings. The molecule has 230 valence electrons. The summed E-state index contributed by atoms with van der Waals surface area (Å²) in [6.45, 7) is 19.4. The topological polar surface area (TPSA) is 65.0 Å². The van der Waals surface area contributed by atoms with Crippen LogP contribution in [0.1, 0.15) is 73.1 Å². The summed E-state index contributed by atoms with van der Waals surface area (Å²) in [5.74, 6) is 5.91. The van der Waals surface area contributed by atoms with Gasteiger partial charge in [0.15, 0.2) is 5.79 Å². The van der Waals surface area contributed by atoms with E-state index in [1.54, 1.807) is 0 Å². The fraction of sp³-hybridized carbons (Fsp3) is 0.583. The minimum absolute atomic E-state index is 0.129. The first-order chi connectivity index (χ1) is 19.6. The molecule has 2 unspecified atom stereocenters. The maximum absolute atomic E-state index is 13.1. The van der Waals surface area contributed by atoms with Gasteiger partial charge in [0.2, 0.25) is 0 Å². The molecule has 1 heterocycles. The first kappa shape index (κ1) is 34.1. The molecule has 0 amide bonds. The van der Waals surface area contributed by atoms with Crippen LogP contribution in [0, 0.1) is 37.5 Å². The molecule has 42 heavy (non-hydrogen) atoms. The average molecular weight is 593 g/mol. The van der Waals surface area contributed by atoms with E-state index in [1.807, 2.05) is 45.0 Å². The summed E-state index contributed by atoms with van der Waals surface area (Å²) in [6, 6.07) is 15.4. The van der Waals surface area contributed by atoms with E-state index in [1.165, 1.54) is 5.56 Å². The molecule has 6 heteroatoms. The van der Waals surface area contributed by atoms with E-state index in [9.17, 15) is 9.90 Å². The summed E-state index contributed by atoms with van der Waals surface area (Å²) in [5, 5.41) is 11.2. The lowest BCUT2D eigenvalue weighted by molar-refractivity contribution is -0.152. The molecule has 0 saturated carbocycles. The Hall–Kier alpha value is -2.43. The molecule has 5 nitrogen and oxygen atoms in total. The molecule has 0 spiro atoms. The van der Waals surface area contributed by atoms with Crippen molar-refractivity contribution < 1.29 is 24.1 Å². The lowest BCUT2D eigenvalue weighted by Gasteiger charge is -2.20. The molecule has 0 bridgehead atoms. The Bertz CT molecular complexity index is 1240. The van der Waals surface area contributed by atoms with Crippen LogP contribution >= 0.6 is 0 Å². The predicted molar refractivity (Wildman–Crippen MR) is 173 cm³/mol. The molecule has 1 saturated heterocycles. The van der Waals surface area contributed by atoms with E-state index in [0.29, 0.717) is 30.9 Å². The van der Waals surface area contributed by atoms with Gasteiger partial charge in [-0.05, 0) is 82.0 Å². The zero-order chi connectivity index (χ0) is 31.1. The number of rotatable bonds is 12. The van der Waals surface area contributed by atoms with E-state index in [0.717, 1.165) is 35.6 Å². The molecule has 0 aromatic heterocycles. The van der Waals surface area contributed by atoms with E-state index < -0.39 is 26.1 Å².